The second kappa shape index (κ2) is 5.07. The van der Waals surface area contributed by atoms with Crippen LogP contribution in [0.4, 0.5) is 0 Å². The first-order valence-electron chi connectivity index (χ1n) is 6.54. The minimum atomic E-state index is -0.416. The molecule has 0 spiro atoms. The SMILES string of the molecule is COC(=O)c1c(C)[nH]c(C(=O)N[C@H](C)C2CC2)c1C. The first-order chi connectivity index (χ1) is 8.95. The predicted molar refractivity (Wildman–Crippen MR) is 71.3 cm³/mol. The summed E-state index contributed by atoms with van der Waals surface area (Å²) in [6.45, 7) is 5.54. The molecule has 1 aromatic heterocycles. The number of hydrogen-bond donors (Lipinski definition) is 2. The van der Waals surface area contributed by atoms with E-state index in [0.717, 1.165) is 0 Å². The molecule has 0 radical (unpaired) electrons. The molecule has 1 aliphatic rings. The van der Waals surface area contributed by atoms with Gasteiger partial charge in [-0.15, -0.1) is 0 Å². The van der Waals surface area contributed by atoms with E-state index in [1.807, 2.05) is 6.92 Å². The number of esters is 1. The van der Waals surface area contributed by atoms with Gasteiger partial charge in [0, 0.05) is 11.7 Å². The number of amides is 1. The van der Waals surface area contributed by atoms with Gasteiger partial charge in [-0.2, -0.15) is 0 Å². The number of rotatable bonds is 4. The van der Waals surface area contributed by atoms with E-state index in [2.05, 4.69) is 10.3 Å². The lowest BCUT2D eigenvalue weighted by atomic mass is 10.1. The number of hydrogen-bond acceptors (Lipinski definition) is 3. The van der Waals surface area contributed by atoms with Crippen LogP contribution in [0.3, 0.4) is 0 Å². The lowest BCUT2D eigenvalue weighted by Gasteiger charge is -2.12. The smallest absolute Gasteiger partial charge is 0.339 e. The van der Waals surface area contributed by atoms with Crippen molar-refractivity contribution in [2.45, 2.75) is 39.7 Å². The zero-order valence-electron chi connectivity index (χ0n) is 11.8. The van der Waals surface area contributed by atoms with Crippen molar-refractivity contribution < 1.29 is 14.3 Å². The van der Waals surface area contributed by atoms with Crippen LogP contribution < -0.4 is 5.32 Å². The fourth-order valence-electron chi connectivity index (χ4n) is 2.38. The number of aromatic amines is 1. The summed E-state index contributed by atoms with van der Waals surface area (Å²) in [5.41, 5.74) is 2.20. The van der Waals surface area contributed by atoms with E-state index in [9.17, 15) is 9.59 Å². The van der Waals surface area contributed by atoms with Crippen LogP contribution in [0.25, 0.3) is 0 Å². The van der Waals surface area contributed by atoms with Crippen molar-refractivity contribution in [1.82, 2.24) is 10.3 Å². The number of H-pyrrole nitrogens is 1. The normalized spacial score (nSPS) is 16.0. The summed E-state index contributed by atoms with van der Waals surface area (Å²) in [5.74, 6) is 0.0242. The van der Waals surface area contributed by atoms with Crippen LogP contribution in [0.1, 0.15) is 51.9 Å². The lowest BCUT2D eigenvalue weighted by molar-refractivity contribution is 0.0599. The predicted octanol–water partition coefficient (Wildman–Crippen LogP) is 1.95. The van der Waals surface area contributed by atoms with Crippen LogP contribution in [-0.2, 0) is 4.74 Å². The molecule has 1 saturated carbocycles. The van der Waals surface area contributed by atoms with Crippen LogP contribution in [-0.4, -0.2) is 30.0 Å². The quantitative estimate of drug-likeness (QED) is 0.816. The van der Waals surface area contributed by atoms with Gasteiger partial charge in [0.15, 0.2) is 0 Å². The molecular formula is C14H20N2O3. The third-order valence-electron chi connectivity index (χ3n) is 3.74. The summed E-state index contributed by atoms with van der Waals surface area (Å²) in [4.78, 5) is 26.8. The molecule has 5 heteroatoms. The zero-order chi connectivity index (χ0) is 14.2. The molecule has 1 amide bonds. The Balaban J connectivity index is 2.20. The molecule has 0 bridgehead atoms. The van der Waals surface area contributed by atoms with Crippen LogP contribution in [0.5, 0.6) is 0 Å². The summed E-state index contributed by atoms with van der Waals surface area (Å²) in [7, 11) is 1.34. The molecule has 19 heavy (non-hydrogen) atoms. The van der Waals surface area contributed by atoms with Gasteiger partial charge < -0.3 is 15.0 Å². The largest absolute Gasteiger partial charge is 0.465 e. The van der Waals surface area contributed by atoms with Crippen LogP contribution in [0.2, 0.25) is 0 Å². The Labute approximate surface area is 112 Å². The topological polar surface area (TPSA) is 71.2 Å². The van der Waals surface area contributed by atoms with E-state index in [0.29, 0.717) is 28.4 Å². The molecule has 1 aromatic rings. The fourth-order valence-corrected chi connectivity index (χ4v) is 2.38. The van der Waals surface area contributed by atoms with E-state index in [-0.39, 0.29) is 11.9 Å². The Hall–Kier alpha value is -1.78. The minimum Gasteiger partial charge on any atom is -0.465 e. The van der Waals surface area contributed by atoms with E-state index < -0.39 is 5.97 Å². The molecule has 2 rings (SSSR count). The highest BCUT2D eigenvalue weighted by Gasteiger charge is 2.30. The van der Waals surface area contributed by atoms with E-state index >= 15 is 0 Å². The summed E-state index contributed by atoms with van der Waals surface area (Å²) in [6, 6.07) is 0.178. The molecule has 0 aliphatic heterocycles. The second-order valence-electron chi connectivity index (χ2n) is 5.22. The standard InChI is InChI=1S/C14H20N2O3/c1-7-11(14(18)19-4)9(3)15-12(7)13(17)16-8(2)10-5-6-10/h8,10,15H,5-6H2,1-4H3,(H,16,17)/t8-/m1/s1. The highest BCUT2D eigenvalue weighted by Crippen LogP contribution is 2.32. The first kappa shape index (κ1) is 13.6. The molecule has 5 nitrogen and oxygen atoms in total. The van der Waals surface area contributed by atoms with Crippen LogP contribution in [0, 0.1) is 19.8 Å². The van der Waals surface area contributed by atoms with Gasteiger partial charge in [-0.05, 0) is 45.1 Å². The van der Waals surface area contributed by atoms with Gasteiger partial charge in [0.2, 0.25) is 0 Å². The molecular weight excluding hydrogens is 244 g/mol. The Bertz CT molecular complexity index is 515. The van der Waals surface area contributed by atoms with Gasteiger partial charge in [0.25, 0.3) is 5.91 Å². The number of methoxy groups -OCH3 is 1. The van der Waals surface area contributed by atoms with Crippen molar-refractivity contribution >= 4 is 11.9 Å². The number of nitrogens with one attached hydrogen (secondary N) is 2. The van der Waals surface area contributed by atoms with Gasteiger partial charge in [0.1, 0.15) is 5.69 Å². The Morgan fingerprint density at radius 3 is 2.53 bits per heavy atom. The monoisotopic (exact) mass is 264 g/mol. The molecule has 0 aromatic carbocycles. The summed E-state index contributed by atoms with van der Waals surface area (Å²) < 4.78 is 4.73. The zero-order valence-corrected chi connectivity index (χ0v) is 11.8. The molecule has 1 fully saturated rings. The highest BCUT2D eigenvalue weighted by molar-refractivity contribution is 6.00. The van der Waals surface area contributed by atoms with Gasteiger partial charge in [0.05, 0.1) is 12.7 Å². The second-order valence-corrected chi connectivity index (χ2v) is 5.22. The maximum absolute atomic E-state index is 12.2. The van der Waals surface area contributed by atoms with Crippen LogP contribution >= 0.6 is 0 Å². The van der Waals surface area contributed by atoms with E-state index in [1.165, 1.54) is 20.0 Å². The number of carbonyl (C=O) groups is 2. The first-order valence-corrected chi connectivity index (χ1v) is 6.54. The summed E-state index contributed by atoms with van der Waals surface area (Å²) in [5, 5.41) is 2.97. The minimum absolute atomic E-state index is 0.157. The summed E-state index contributed by atoms with van der Waals surface area (Å²) >= 11 is 0. The lowest BCUT2D eigenvalue weighted by Crippen LogP contribution is -2.34. The molecule has 2 N–H and O–H groups in total. The molecule has 1 heterocycles. The number of carbonyl (C=O) groups excluding carboxylic acids is 2. The molecule has 0 unspecified atom stereocenters. The van der Waals surface area contributed by atoms with Gasteiger partial charge in [-0.1, -0.05) is 0 Å². The average molecular weight is 264 g/mol. The van der Waals surface area contributed by atoms with Gasteiger partial charge in [-0.3, -0.25) is 4.79 Å². The van der Waals surface area contributed by atoms with Crippen molar-refractivity contribution in [3.8, 4) is 0 Å². The molecule has 0 saturated heterocycles. The maximum atomic E-state index is 12.2. The third-order valence-corrected chi connectivity index (χ3v) is 3.74. The van der Waals surface area contributed by atoms with Gasteiger partial charge >= 0.3 is 5.97 Å². The van der Waals surface area contributed by atoms with Gasteiger partial charge in [-0.25, -0.2) is 4.79 Å². The van der Waals surface area contributed by atoms with Crippen molar-refractivity contribution in [1.29, 1.82) is 0 Å². The Morgan fingerprint density at radius 2 is 2.00 bits per heavy atom. The van der Waals surface area contributed by atoms with Crippen molar-refractivity contribution in [3.63, 3.8) is 0 Å². The third kappa shape index (κ3) is 2.64. The number of aryl methyl sites for hydroxylation is 1. The Morgan fingerprint density at radius 1 is 1.37 bits per heavy atom. The number of ether oxygens (including phenoxy) is 1. The summed E-state index contributed by atoms with van der Waals surface area (Å²) in [6.07, 6.45) is 2.36. The maximum Gasteiger partial charge on any atom is 0.339 e. The molecule has 1 aliphatic carbocycles. The van der Waals surface area contributed by atoms with E-state index in [1.54, 1.807) is 13.8 Å². The highest BCUT2D eigenvalue weighted by atomic mass is 16.5. The fraction of sp³-hybridized carbons (Fsp3) is 0.571. The average Bonchev–Trinajstić information content (AvgIpc) is 3.15. The van der Waals surface area contributed by atoms with Crippen molar-refractivity contribution in [2.75, 3.05) is 7.11 Å². The molecule has 104 valence electrons. The Kier molecular flexibility index (Phi) is 3.64. The molecule has 1 atom stereocenters. The van der Waals surface area contributed by atoms with Crippen molar-refractivity contribution in [2.24, 2.45) is 5.92 Å². The number of aromatic nitrogens is 1. The van der Waals surface area contributed by atoms with E-state index in [4.69, 9.17) is 4.74 Å². The van der Waals surface area contributed by atoms with Crippen LogP contribution in [0.15, 0.2) is 0 Å². The van der Waals surface area contributed by atoms with Crippen molar-refractivity contribution in [3.05, 3.63) is 22.5 Å².